The summed E-state index contributed by atoms with van der Waals surface area (Å²) in [5.74, 6) is -4.69. The van der Waals surface area contributed by atoms with Crippen LogP contribution in [0.25, 0.3) is 0 Å². The number of hydrogen-bond donors (Lipinski definition) is 3. The molecule has 0 fully saturated rings. The van der Waals surface area contributed by atoms with Gasteiger partial charge in [0.05, 0.1) is 29.5 Å². The lowest BCUT2D eigenvalue weighted by atomic mass is 10.2. The lowest BCUT2D eigenvalue weighted by Crippen LogP contribution is -2.29. The van der Waals surface area contributed by atoms with E-state index in [-0.39, 0.29) is 36.0 Å². The van der Waals surface area contributed by atoms with Crippen molar-refractivity contribution in [1.29, 1.82) is 0 Å². The number of carbonyl (C=O) groups is 4. The van der Waals surface area contributed by atoms with Gasteiger partial charge in [-0.1, -0.05) is 13.3 Å². The summed E-state index contributed by atoms with van der Waals surface area (Å²) in [5.41, 5.74) is -0.331. The Balaban J connectivity index is 3.23. The average Bonchev–Trinajstić information content (AvgIpc) is 2.69. The molecule has 0 saturated heterocycles. The first-order valence-electron chi connectivity index (χ1n) is 9.26. The van der Waals surface area contributed by atoms with Crippen molar-refractivity contribution in [1.82, 2.24) is 4.72 Å². The van der Waals surface area contributed by atoms with Crippen LogP contribution in [0.3, 0.4) is 0 Å². The number of ether oxygens (including phenoxy) is 2. The van der Waals surface area contributed by atoms with Crippen LogP contribution in [0.4, 0.5) is 11.4 Å². The summed E-state index contributed by atoms with van der Waals surface area (Å²) >= 11 is 0. The van der Waals surface area contributed by atoms with E-state index in [1.807, 2.05) is 6.92 Å². The molecule has 0 atom stereocenters. The molecule has 0 spiro atoms. The number of anilines is 2. The van der Waals surface area contributed by atoms with Crippen LogP contribution < -0.4 is 15.4 Å². The Bertz CT molecular complexity index is 899. The second-order valence-electron chi connectivity index (χ2n) is 5.81. The third-order valence-corrected chi connectivity index (χ3v) is 5.00. The Hall–Kier alpha value is -2.99. The van der Waals surface area contributed by atoms with Crippen molar-refractivity contribution < 1.29 is 37.1 Å². The number of unbranched alkanes of at least 4 members (excludes halogenated alkanes) is 1. The maximum atomic E-state index is 12.4. The Morgan fingerprint density at radius 3 is 1.90 bits per heavy atom. The van der Waals surface area contributed by atoms with Crippen LogP contribution in [0.15, 0.2) is 23.1 Å². The first-order chi connectivity index (χ1) is 14.2. The molecule has 1 rings (SSSR count). The van der Waals surface area contributed by atoms with Crippen LogP contribution in [0.5, 0.6) is 0 Å². The molecule has 3 N–H and O–H groups in total. The Labute approximate surface area is 174 Å². The average molecular weight is 443 g/mol. The molecule has 30 heavy (non-hydrogen) atoms. The summed E-state index contributed by atoms with van der Waals surface area (Å²) in [6.07, 6.45) is 1.40. The summed E-state index contributed by atoms with van der Waals surface area (Å²) in [6, 6.07) is 3.40. The van der Waals surface area contributed by atoms with Gasteiger partial charge in [-0.25, -0.2) is 22.7 Å². The molecule has 0 radical (unpaired) electrons. The molecule has 0 saturated carbocycles. The van der Waals surface area contributed by atoms with E-state index in [1.54, 1.807) is 0 Å². The molecule has 11 nitrogen and oxygen atoms in total. The normalized spacial score (nSPS) is 10.8. The fraction of sp³-hybridized carbons (Fsp3) is 0.444. The van der Waals surface area contributed by atoms with E-state index in [9.17, 15) is 27.6 Å². The van der Waals surface area contributed by atoms with E-state index in [1.165, 1.54) is 26.0 Å². The van der Waals surface area contributed by atoms with E-state index in [2.05, 4.69) is 24.8 Å². The predicted molar refractivity (Wildman–Crippen MR) is 107 cm³/mol. The van der Waals surface area contributed by atoms with Gasteiger partial charge < -0.3 is 20.1 Å². The topological polar surface area (TPSA) is 157 Å². The third-order valence-electron chi connectivity index (χ3n) is 3.54. The van der Waals surface area contributed by atoms with E-state index in [4.69, 9.17) is 0 Å². The molecule has 0 aliphatic heterocycles. The first-order valence-corrected chi connectivity index (χ1v) is 10.7. The Morgan fingerprint density at radius 1 is 0.867 bits per heavy atom. The monoisotopic (exact) mass is 443 g/mol. The van der Waals surface area contributed by atoms with Crippen LogP contribution in [0.2, 0.25) is 0 Å². The predicted octanol–water partition coefficient (Wildman–Crippen LogP) is 0.768. The van der Waals surface area contributed by atoms with Crippen LogP contribution in [-0.2, 0) is 38.7 Å². The molecule has 0 aliphatic rings. The number of sulfonamides is 1. The Morgan fingerprint density at radius 2 is 1.40 bits per heavy atom. The largest absolute Gasteiger partial charge is 0.459 e. The second-order valence-corrected chi connectivity index (χ2v) is 7.57. The standard InChI is InChI=1S/C18H25N3O8S/c1-4-7-10-19-30(26,27)12-8-9-13(20-15(22)17(24)28-5-2)14(11-12)21-16(23)18(25)29-6-3/h8-9,11,19H,4-7,10H2,1-3H3,(H,20,22)(H,21,23). The number of carbonyl (C=O) groups excluding carboxylic acids is 4. The molecular weight excluding hydrogens is 418 g/mol. The molecule has 0 bridgehead atoms. The molecule has 0 aromatic heterocycles. The van der Waals surface area contributed by atoms with E-state index in [0.717, 1.165) is 12.5 Å². The highest BCUT2D eigenvalue weighted by atomic mass is 32.2. The highest BCUT2D eigenvalue weighted by Crippen LogP contribution is 2.26. The van der Waals surface area contributed by atoms with Crippen molar-refractivity contribution in [2.45, 2.75) is 38.5 Å². The molecule has 2 amide bonds. The van der Waals surface area contributed by atoms with Gasteiger partial charge in [0.25, 0.3) is 0 Å². The number of hydrogen-bond acceptors (Lipinski definition) is 8. The van der Waals surface area contributed by atoms with Crippen LogP contribution in [-0.4, -0.2) is 51.9 Å². The van der Waals surface area contributed by atoms with Crippen LogP contribution in [0.1, 0.15) is 33.6 Å². The SMILES string of the molecule is CCCCNS(=O)(=O)c1ccc(NC(=O)C(=O)OCC)c(NC(=O)C(=O)OCC)c1. The van der Waals surface area contributed by atoms with Gasteiger partial charge in [0.1, 0.15) is 0 Å². The zero-order chi connectivity index (χ0) is 22.7. The van der Waals surface area contributed by atoms with E-state index < -0.39 is 33.8 Å². The van der Waals surface area contributed by atoms with Crippen molar-refractivity contribution in [2.75, 3.05) is 30.4 Å². The number of rotatable bonds is 9. The number of nitrogens with one attached hydrogen (secondary N) is 3. The van der Waals surface area contributed by atoms with Gasteiger partial charge >= 0.3 is 23.8 Å². The summed E-state index contributed by atoms with van der Waals surface area (Å²) in [4.78, 5) is 46.8. The molecular formula is C18H25N3O8S. The zero-order valence-electron chi connectivity index (χ0n) is 16.9. The maximum Gasteiger partial charge on any atom is 0.397 e. The minimum atomic E-state index is -3.91. The van der Waals surface area contributed by atoms with Crippen molar-refractivity contribution >= 4 is 45.2 Å². The fourth-order valence-electron chi connectivity index (χ4n) is 2.11. The summed E-state index contributed by atoms with van der Waals surface area (Å²) in [6.45, 7) is 5.06. The smallest absolute Gasteiger partial charge is 0.397 e. The van der Waals surface area contributed by atoms with Gasteiger partial charge in [0, 0.05) is 6.54 Å². The molecule has 12 heteroatoms. The maximum absolute atomic E-state index is 12.4. The lowest BCUT2D eigenvalue weighted by Gasteiger charge is -2.14. The molecule has 0 aliphatic carbocycles. The molecule has 166 valence electrons. The zero-order valence-corrected chi connectivity index (χ0v) is 17.8. The van der Waals surface area contributed by atoms with Gasteiger partial charge in [-0.15, -0.1) is 0 Å². The van der Waals surface area contributed by atoms with Crippen molar-refractivity contribution in [3.05, 3.63) is 18.2 Å². The van der Waals surface area contributed by atoms with E-state index in [0.29, 0.717) is 6.42 Å². The molecule has 0 heterocycles. The summed E-state index contributed by atoms with van der Waals surface area (Å²) in [7, 11) is -3.91. The van der Waals surface area contributed by atoms with E-state index >= 15 is 0 Å². The van der Waals surface area contributed by atoms with Crippen molar-refractivity contribution in [2.24, 2.45) is 0 Å². The van der Waals surface area contributed by atoms with Gasteiger partial charge in [0.15, 0.2) is 0 Å². The summed E-state index contributed by atoms with van der Waals surface area (Å²) < 4.78 is 36.4. The second kappa shape index (κ2) is 11.9. The van der Waals surface area contributed by atoms with Gasteiger partial charge in [0.2, 0.25) is 10.0 Å². The van der Waals surface area contributed by atoms with Crippen molar-refractivity contribution in [3.63, 3.8) is 0 Å². The van der Waals surface area contributed by atoms with Crippen LogP contribution in [0, 0.1) is 0 Å². The quantitative estimate of drug-likeness (QED) is 0.287. The first kappa shape index (κ1) is 25.0. The van der Waals surface area contributed by atoms with Crippen molar-refractivity contribution in [3.8, 4) is 0 Å². The molecule has 0 unspecified atom stereocenters. The fourth-order valence-corrected chi connectivity index (χ4v) is 3.21. The molecule has 1 aromatic rings. The molecule has 1 aromatic carbocycles. The van der Waals surface area contributed by atoms with Gasteiger partial charge in [-0.2, -0.15) is 0 Å². The highest BCUT2D eigenvalue weighted by Gasteiger charge is 2.22. The third kappa shape index (κ3) is 7.44. The van der Waals surface area contributed by atoms with Gasteiger partial charge in [-0.05, 0) is 38.5 Å². The van der Waals surface area contributed by atoms with Crippen LogP contribution >= 0.6 is 0 Å². The minimum absolute atomic E-state index is 0.0285. The van der Waals surface area contributed by atoms with Gasteiger partial charge in [-0.3, -0.25) is 9.59 Å². The summed E-state index contributed by atoms with van der Waals surface area (Å²) in [5, 5.41) is 4.39. The Kier molecular flexibility index (Phi) is 9.92. The lowest BCUT2D eigenvalue weighted by molar-refractivity contribution is -0.152. The number of amides is 2. The number of benzene rings is 1. The highest BCUT2D eigenvalue weighted by molar-refractivity contribution is 7.89. The minimum Gasteiger partial charge on any atom is -0.459 e. The number of esters is 2.